The van der Waals surface area contributed by atoms with E-state index in [1.54, 1.807) is 0 Å². The molecule has 18 heavy (non-hydrogen) atoms. The fourth-order valence-electron chi connectivity index (χ4n) is 1.99. The molecule has 0 heterocycles. The molecular weight excluding hydrogens is 254 g/mol. The van der Waals surface area contributed by atoms with E-state index in [1.165, 1.54) is 18.2 Å². The van der Waals surface area contributed by atoms with Gasteiger partial charge in [-0.05, 0) is 12.8 Å². The third kappa shape index (κ3) is 5.68. The number of carbonyl (C=O) groups is 1. The van der Waals surface area contributed by atoms with Gasteiger partial charge >= 0.3 is 6.03 Å². The van der Waals surface area contributed by atoms with E-state index < -0.39 is 6.03 Å². The van der Waals surface area contributed by atoms with Crippen LogP contribution in [0.1, 0.15) is 32.1 Å². The standard InChI is InChI=1S/C11H21N3O3S/c15-7-9-18-8-6-14(13-17)11(16)12-10-4-2-1-3-5-10/h10,15H,1-9H2,(H,12,16). The summed E-state index contributed by atoms with van der Waals surface area (Å²) < 4.78 is 0. The first kappa shape index (κ1) is 15.2. The van der Waals surface area contributed by atoms with Gasteiger partial charge in [-0.2, -0.15) is 16.8 Å². The number of thioether (sulfide) groups is 1. The topological polar surface area (TPSA) is 82.0 Å². The average Bonchev–Trinajstić information content (AvgIpc) is 2.40. The highest BCUT2D eigenvalue weighted by molar-refractivity contribution is 7.99. The Labute approximate surface area is 111 Å². The number of aliphatic hydroxyl groups is 1. The van der Waals surface area contributed by atoms with Crippen LogP contribution in [0, 0.1) is 4.91 Å². The second-order valence-corrected chi connectivity index (χ2v) is 5.55. The number of amides is 2. The second kappa shape index (κ2) is 9.16. The van der Waals surface area contributed by atoms with Crippen LogP contribution in [0.2, 0.25) is 0 Å². The van der Waals surface area contributed by atoms with Gasteiger partial charge < -0.3 is 10.4 Å². The van der Waals surface area contributed by atoms with Gasteiger partial charge in [0, 0.05) is 17.5 Å². The van der Waals surface area contributed by atoms with Crippen molar-refractivity contribution in [2.75, 3.05) is 24.7 Å². The Hall–Kier alpha value is -0.820. The molecule has 0 spiro atoms. The van der Waals surface area contributed by atoms with Gasteiger partial charge in [0.25, 0.3) is 0 Å². The summed E-state index contributed by atoms with van der Waals surface area (Å²) in [5.74, 6) is 1.21. The summed E-state index contributed by atoms with van der Waals surface area (Å²) in [6.07, 6.45) is 5.45. The van der Waals surface area contributed by atoms with E-state index in [4.69, 9.17) is 5.11 Å². The molecule has 0 bridgehead atoms. The summed E-state index contributed by atoms with van der Waals surface area (Å²) in [6.45, 7) is 0.389. The predicted octanol–water partition coefficient (Wildman–Crippen LogP) is 1.74. The van der Waals surface area contributed by atoms with E-state index in [0.717, 1.165) is 30.7 Å². The lowest BCUT2D eigenvalue weighted by molar-refractivity contribution is 0.194. The van der Waals surface area contributed by atoms with Crippen molar-refractivity contribution in [1.29, 1.82) is 0 Å². The number of urea groups is 1. The van der Waals surface area contributed by atoms with Gasteiger partial charge in [0.15, 0.2) is 0 Å². The van der Waals surface area contributed by atoms with Crippen molar-refractivity contribution >= 4 is 17.8 Å². The molecule has 7 heteroatoms. The minimum absolute atomic E-state index is 0.105. The van der Waals surface area contributed by atoms with Gasteiger partial charge in [0.2, 0.25) is 0 Å². The van der Waals surface area contributed by atoms with Crippen molar-refractivity contribution < 1.29 is 9.90 Å². The molecule has 104 valence electrons. The molecule has 0 radical (unpaired) electrons. The van der Waals surface area contributed by atoms with Crippen LogP contribution in [-0.2, 0) is 0 Å². The summed E-state index contributed by atoms with van der Waals surface area (Å²) in [5.41, 5.74) is 0. The van der Waals surface area contributed by atoms with Crippen LogP contribution in [0.3, 0.4) is 0 Å². The Morgan fingerprint density at radius 2 is 2.06 bits per heavy atom. The van der Waals surface area contributed by atoms with Crippen LogP contribution in [0.15, 0.2) is 5.29 Å². The number of nitroso groups, excluding NO2 is 1. The lowest BCUT2D eigenvalue weighted by Gasteiger charge is -2.24. The van der Waals surface area contributed by atoms with Crippen LogP contribution >= 0.6 is 11.8 Å². The normalized spacial score (nSPS) is 16.3. The fourth-order valence-corrected chi connectivity index (χ4v) is 2.63. The Morgan fingerprint density at radius 3 is 2.67 bits per heavy atom. The molecule has 2 amide bonds. The monoisotopic (exact) mass is 275 g/mol. The molecule has 0 unspecified atom stereocenters. The highest BCUT2D eigenvalue weighted by Crippen LogP contribution is 2.17. The van der Waals surface area contributed by atoms with Crippen LogP contribution in [-0.4, -0.2) is 46.8 Å². The lowest BCUT2D eigenvalue weighted by atomic mass is 9.96. The Bertz CT molecular complexity index is 260. The van der Waals surface area contributed by atoms with Crippen LogP contribution in [0.5, 0.6) is 0 Å². The first-order valence-electron chi connectivity index (χ1n) is 6.38. The van der Waals surface area contributed by atoms with Crippen LogP contribution < -0.4 is 5.32 Å². The maximum Gasteiger partial charge on any atom is 0.340 e. The quantitative estimate of drug-likeness (QED) is 0.421. The van der Waals surface area contributed by atoms with Gasteiger partial charge in [0.1, 0.15) is 0 Å². The minimum atomic E-state index is -0.401. The molecule has 1 aliphatic rings. The van der Waals surface area contributed by atoms with E-state index in [1.807, 2.05) is 0 Å². The van der Waals surface area contributed by atoms with E-state index in [2.05, 4.69) is 10.6 Å². The molecule has 0 aromatic heterocycles. The molecule has 1 saturated carbocycles. The van der Waals surface area contributed by atoms with Gasteiger partial charge in [-0.15, -0.1) is 4.91 Å². The van der Waals surface area contributed by atoms with Crippen molar-refractivity contribution in [1.82, 2.24) is 10.3 Å². The number of carbonyl (C=O) groups excluding carboxylic acids is 1. The number of nitrogens with one attached hydrogen (secondary N) is 1. The third-order valence-corrected chi connectivity index (χ3v) is 3.89. The molecule has 0 saturated heterocycles. The SMILES string of the molecule is O=NN(CCSCCO)C(=O)NC1CCCCC1. The number of hydrogen-bond donors (Lipinski definition) is 2. The summed E-state index contributed by atoms with van der Waals surface area (Å²) >= 11 is 1.49. The van der Waals surface area contributed by atoms with Crippen molar-refractivity contribution in [2.45, 2.75) is 38.1 Å². The molecule has 6 nitrogen and oxygen atoms in total. The van der Waals surface area contributed by atoms with Gasteiger partial charge in [-0.1, -0.05) is 19.3 Å². The van der Waals surface area contributed by atoms with E-state index in [0.29, 0.717) is 11.5 Å². The van der Waals surface area contributed by atoms with Crippen molar-refractivity contribution in [2.24, 2.45) is 5.29 Å². The van der Waals surface area contributed by atoms with Crippen LogP contribution in [0.4, 0.5) is 4.79 Å². The van der Waals surface area contributed by atoms with Crippen molar-refractivity contribution in [3.05, 3.63) is 4.91 Å². The Balaban J connectivity index is 2.25. The second-order valence-electron chi connectivity index (χ2n) is 4.33. The fraction of sp³-hybridized carbons (Fsp3) is 0.909. The number of aliphatic hydroxyl groups excluding tert-OH is 1. The lowest BCUT2D eigenvalue weighted by Crippen LogP contribution is -2.43. The van der Waals surface area contributed by atoms with Crippen molar-refractivity contribution in [3.63, 3.8) is 0 Å². The summed E-state index contributed by atoms with van der Waals surface area (Å²) in [6, 6.07) is -0.220. The molecule has 0 aliphatic heterocycles. The smallest absolute Gasteiger partial charge is 0.340 e. The highest BCUT2D eigenvalue weighted by atomic mass is 32.2. The summed E-state index contributed by atoms with van der Waals surface area (Å²) in [5, 5.41) is 15.1. The minimum Gasteiger partial charge on any atom is -0.396 e. The molecule has 0 atom stereocenters. The van der Waals surface area contributed by atoms with Gasteiger partial charge in [-0.25, -0.2) is 4.79 Å². The molecule has 1 aliphatic carbocycles. The van der Waals surface area contributed by atoms with E-state index in [9.17, 15) is 9.70 Å². The highest BCUT2D eigenvalue weighted by Gasteiger charge is 2.20. The number of rotatable bonds is 7. The first-order valence-corrected chi connectivity index (χ1v) is 7.53. The average molecular weight is 275 g/mol. The molecule has 1 rings (SSSR count). The van der Waals surface area contributed by atoms with E-state index >= 15 is 0 Å². The zero-order valence-corrected chi connectivity index (χ0v) is 11.3. The third-order valence-electron chi connectivity index (χ3n) is 2.95. The first-order chi connectivity index (χ1) is 8.77. The molecule has 0 aromatic carbocycles. The largest absolute Gasteiger partial charge is 0.396 e. The van der Waals surface area contributed by atoms with Gasteiger partial charge in [-0.3, -0.25) is 0 Å². The van der Waals surface area contributed by atoms with Gasteiger partial charge in [0.05, 0.1) is 18.4 Å². The summed E-state index contributed by atoms with van der Waals surface area (Å²) in [7, 11) is 0. The molecular formula is C11H21N3O3S. The summed E-state index contributed by atoms with van der Waals surface area (Å²) in [4.78, 5) is 22.4. The maximum absolute atomic E-state index is 11.8. The predicted molar refractivity (Wildman–Crippen MR) is 72.3 cm³/mol. The Kier molecular flexibility index (Phi) is 7.75. The van der Waals surface area contributed by atoms with Crippen molar-refractivity contribution in [3.8, 4) is 0 Å². The maximum atomic E-state index is 11.8. The number of hydrogen-bond acceptors (Lipinski definition) is 5. The molecule has 0 aromatic rings. The molecule has 2 N–H and O–H groups in total. The molecule has 1 fully saturated rings. The zero-order valence-electron chi connectivity index (χ0n) is 10.5. The zero-order chi connectivity index (χ0) is 13.2. The number of nitrogens with zero attached hydrogens (tertiary/aromatic N) is 2. The van der Waals surface area contributed by atoms with Crippen LogP contribution in [0.25, 0.3) is 0 Å². The Morgan fingerprint density at radius 1 is 1.33 bits per heavy atom. The van der Waals surface area contributed by atoms with E-state index in [-0.39, 0.29) is 19.2 Å².